The Bertz CT molecular complexity index is 472. The van der Waals surface area contributed by atoms with E-state index in [0.29, 0.717) is 11.2 Å². The van der Waals surface area contributed by atoms with Crippen LogP contribution in [-0.2, 0) is 0 Å². The quantitative estimate of drug-likeness (QED) is 0.591. The van der Waals surface area contributed by atoms with Gasteiger partial charge in [-0.2, -0.15) is 0 Å². The van der Waals surface area contributed by atoms with Crippen LogP contribution in [0.25, 0.3) is 12.2 Å². The van der Waals surface area contributed by atoms with Gasteiger partial charge in [0.1, 0.15) is 0 Å². The van der Waals surface area contributed by atoms with Gasteiger partial charge < -0.3 is 0 Å². The van der Waals surface area contributed by atoms with Gasteiger partial charge in [0.05, 0.1) is 5.33 Å². The van der Waals surface area contributed by atoms with Crippen LogP contribution in [0.5, 0.6) is 0 Å². The molecule has 2 rings (SSSR count). The number of rotatable bonds is 2. The first-order valence-electron chi connectivity index (χ1n) is 5.30. The van der Waals surface area contributed by atoms with E-state index >= 15 is 0 Å². The third-order valence-corrected chi connectivity index (χ3v) is 3.20. The van der Waals surface area contributed by atoms with Crippen LogP contribution in [-0.4, -0.2) is 11.1 Å². The zero-order chi connectivity index (χ0) is 11.5. The molecular weight excluding hydrogens is 264 g/mol. The molecule has 0 heterocycles. The minimum atomic E-state index is 0.123. The first-order valence-corrected chi connectivity index (χ1v) is 6.42. The molecule has 0 fully saturated rings. The monoisotopic (exact) mass is 276 g/mol. The molecule has 0 N–H and O–H groups in total. The van der Waals surface area contributed by atoms with Crippen molar-refractivity contribution in [2.45, 2.75) is 6.92 Å². The van der Waals surface area contributed by atoms with E-state index in [1.807, 2.05) is 18.2 Å². The number of hydrogen-bond acceptors (Lipinski definition) is 1. The fraction of sp³-hybridized carbons (Fsp3) is 0.214. The minimum Gasteiger partial charge on any atom is -0.293 e. The second-order valence-corrected chi connectivity index (χ2v) is 4.54. The fourth-order valence-electron chi connectivity index (χ4n) is 1.70. The Morgan fingerprint density at radius 1 is 1.25 bits per heavy atom. The maximum Gasteiger partial charge on any atom is 0.173 e. The van der Waals surface area contributed by atoms with Crippen molar-refractivity contribution in [3.05, 3.63) is 47.0 Å². The maximum atomic E-state index is 11.6. The summed E-state index contributed by atoms with van der Waals surface area (Å²) in [6.07, 6.45) is 8.51. The highest BCUT2D eigenvalue weighted by Crippen LogP contribution is 2.21. The zero-order valence-electron chi connectivity index (χ0n) is 9.11. The zero-order valence-corrected chi connectivity index (χ0v) is 10.7. The van der Waals surface area contributed by atoms with E-state index in [1.165, 1.54) is 5.56 Å². The lowest BCUT2D eigenvalue weighted by atomic mass is 10.0. The molecular formula is C14H13BrO. The van der Waals surface area contributed by atoms with Crippen LogP contribution in [0.2, 0.25) is 0 Å². The molecule has 0 amide bonds. The molecule has 0 saturated carbocycles. The summed E-state index contributed by atoms with van der Waals surface area (Å²) in [5.41, 5.74) is 3.06. The van der Waals surface area contributed by atoms with E-state index < -0.39 is 0 Å². The molecule has 2 heteroatoms. The number of Topliss-reactive ketones (excluding diaryl/α,β-unsaturated/α-hetero) is 1. The number of halogens is 1. The Balaban J connectivity index is 2.44. The predicted molar refractivity (Wildman–Crippen MR) is 71.8 cm³/mol. The van der Waals surface area contributed by atoms with Crippen LogP contribution in [0, 0.1) is 5.92 Å². The van der Waals surface area contributed by atoms with E-state index in [2.05, 4.69) is 47.2 Å². The van der Waals surface area contributed by atoms with Gasteiger partial charge in [0.25, 0.3) is 0 Å². The second-order valence-electron chi connectivity index (χ2n) is 3.98. The van der Waals surface area contributed by atoms with E-state index in [9.17, 15) is 4.79 Å². The lowest BCUT2D eigenvalue weighted by Gasteiger charge is -2.03. The summed E-state index contributed by atoms with van der Waals surface area (Å²) < 4.78 is 0. The number of allylic oxidation sites excluding steroid dienone is 2. The summed E-state index contributed by atoms with van der Waals surface area (Å²) in [5, 5.41) is 0.377. The number of fused-ring (bicyclic) bond motifs is 1. The maximum absolute atomic E-state index is 11.6. The molecule has 0 radical (unpaired) electrons. The summed E-state index contributed by atoms with van der Waals surface area (Å²) in [6, 6.07) is 5.85. The van der Waals surface area contributed by atoms with Crippen molar-refractivity contribution in [1.29, 1.82) is 0 Å². The summed E-state index contributed by atoms with van der Waals surface area (Å²) in [6.45, 7) is 2.14. The van der Waals surface area contributed by atoms with Gasteiger partial charge in [0.2, 0.25) is 0 Å². The highest BCUT2D eigenvalue weighted by Gasteiger charge is 2.07. The van der Waals surface area contributed by atoms with Gasteiger partial charge in [-0.3, -0.25) is 4.79 Å². The molecule has 0 bridgehead atoms. The molecule has 0 aromatic heterocycles. The number of carbonyl (C=O) groups excluding carboxylic acids is 1. The molecule has 1 unspecified atom stereocenters. The van der Waals surface area contributed by atoms with Gasteiger partial charge >= 0.3 is 0 Å². The molecule has 0 aliphatic heterocycles. The Morgan fingerprint density at radius 2 is 1.94 bits per heavy atom. The first-order chi connectivity index (χ1) is 7.70. The number of carbonyl (C=O) groups is 1. The smallest absolute Gasteiger partial charge is 0.173 e. The largest absolute Gasteiger partial charge is 0.293 e. The van der Waals surface area contributed by atoms with Crippen molar-refractivity contribution in [3.8, 4) is 0 Å². The molecule has 16 heavy (non-hydrogen) atoms. The Kier molecular flexibility index (Phi) is 3.39. The summed E-state index contributed by atoms with van der Waals surface area (Å²) in [4.78, 5) is 11.6. The highest BCUT2D eigenvalue weighted by atomic mass is 79.9. The first kappa shape index (κ1) is 11.3. The second kappa shape index (κ2) is 4.79. The highest BCUT2D eigenvalue weighted by molar-refractivity contribution is 9.09. The van der Waals surface area contributed by atoms with Gasteiger partial charge in [-0.25, -0.2) is 0 Å². The van der Waals surface area contributed by atoms with Crippen molar-refractivity contribution >= 4 is 33.9 Å². The van der Waals surface area contributed by atoms with Gasteiger partial charge in [0, 0.05) is 5.56 Å². The SMILES string of the molecule is CC1C=Cc2ccc(C(=O)CBr)cc2C=C1. The Labute approximate surface area is 104 Å². The van der Waals surface area contributed by atoms with Crippen LogP contribution in [0.3, 0.4) is 0 Å². The third kappa shape index (κ3) is 2.33. The van der Waals surface area contributed by atoms with Crippen molar-refractivity contribution < 1.29 is 4.79 Å². The summed E-state index contributed by atoms with van der Waals surface area (Å²) >= 11 is 3.19. The third-order valence-electron chi connectivity index (χ3n) is 2.69. The van der Waals surface area contributed by atoms with Crippen LogP contribution in [0.4, 0.5) is 0 Å². The van der Waals surface area contributed by atoms with Crippen molar-refractivity contribution in [1.82, 2.24) is 0 Å². The average molecular weight is 277 g/mol. The van der Waals surface area contributed by atoms with Crippen molar-refractivity contribution in [3.63, 3.8) is 0 Å². The van der Waals surface area contributed by atoms with Gasteiger partial charge in [-0.1, -0.05) is 59.3 Å². The molecule has 1 aromatic carbocycles. The van der Waals surface area contributed by atoms with Crippen LogP contribution in [0.15, 0.2) is 30.4 Å². The molecule has 1 nitrogen and oxygen atoms in total. The number of alkyl halides is 1. The van der Waals surface area contributed by atoms with Crippen LogP contribution in [0.1, 0.15) is 28.4 Å². The topological polar surface area (TPSA) is 17.1 Å². The number of benzene rings is 1. The fourth-order valence-corrected chi connectivity index (χ4v) is 2.02. The van der Waals surface area contributed by atoms with E-state index in [1.54, 1.807) is 0 Å². The Morgan fingerprint density at radius 3 is 2.62 bits per heavy atom. The number of hydrogen-bond donors (Lipinski definition) is 0. The molecule has 0 spiro atoms. The standard InChI is InChI=1S/C14H13BrO/c1-10-2-4-11-6-7-13(14(16)9-15)8-12(11)5-3-10/h2-8,10H,9H2,1H3. The molecule has 1 aliphatic carbocycles. The minimum absolute atomic E-state index is 0.123. The predicted octanol–water partition coefficient (Wildman–Crippen LogP) is 3.94. The van der Waals surface area contributed by atoms with Crippen molar-refractivity contribution in [2.24, 2.45) is 5.92 Å². The van der Waals surface area contributed by atoms with E-state index in [-0.39, 0.29) is 5.78 Å². The molecule has 0 saturated heterocycles. The van der Waals surface area contributed by atoms with Gasteiger partial charge in [-0.05, 0) is 23.1 Å². The molecule has 1 aromatic rings. The van der Waals surface area contributed by atoms with E-state index in [4.69, 9.17) is 0 Å². The Hall–Kier alpha value is -1.15. The normalized spacial score (nSPS) is 18.0. The molecule has 1 atom stereocenters. The molecule has 82 valence electrons. The van der Waals surface area contributed by atoms with Crippen LogP contribution < -0.4 is 0 Å². The lowest BCUT2D eigenvalue weighted by Crippen LogP contribution is -2.00. The summed E-state index contributed by atoms with van der Waals surface area (Å²) in [5.74, 6) is 0.570. The van der Waals surface area contributed by atoms with E-state index in [0.717, 1.165) is 11.1 Å². The van der Waals surface area contributed by atoms with Gasteiger partial charge in [-0.15, -0.1) is 0 Å². The number of ketones is 1. The summed E-state index contributed by atoms with van der Waals surface area (Å²) in [7, 11) is 0. The van der Waals surface area contributed by atoms with Gasteiger partial charge in [0.15, 0.2) is 5.78 Å². The van der Waals surface area contributed by atoms with Crippen molar-refractivity contribution in [2.75, 3.05) is 5.33 Å². The van der Waals surface area contributed by atoms with Crippen LogP contribution >= 0.6 is 15.9 Å². The molecule has 1 aliphatic rings. The lowest BCUT2D eigenvalue weighted by molar-refractivity contribution is 0.102. The average Bonchev–Trinajstić information content (AvgIpc) is 2.50.